The summed E-state index contributed by atoms with van der Waals surface area (Å²) in [7, 11) is 0. The van der Waals surface area contributed by atoms with Crippen LogP contribution >= 0.6 is 0 Å². The molecule has 0 fully saturated rings. The van der Waals surface area contributed by atoms with Crippen LogP contribution in [-0.2, 0) is 9.59 Å². The lowest BCUT2D eigenvalue weighted by molar-refractivity contribution is -0.114. The van der Waals surface area contributed by atoms with Crippen molar-refractivity contribution in [2.75, 3.05) is 0 Å². The summed E-state index contributed by atoms with van der Waals surface area (Å²) in [5.41, 5.74) is 0. The summed E-state index contributed by atoms with van der Waals surface area (Å²) in [6.45, 7) is 2.07. The molecule has 0 aliphatic heterocycles. The molecule has 0 aromatic carbocycles. The van der Waals surface area contributed by atoms with Gasteiger partial charge in [0, 0.05) is 6.42 Å². The molecule has 0 aliphatic carbocycles. The number of unbranched alkanes of at least 4 members (excludes halogenated alkanes) is 2. The van der Waals surface area contributed by atoms with Gasteiger partial charge in [-0.3, -0.25) is 4.79 Å². The largest absolute Gasteiger partial charge is 0.294 e. The van der Waals surface area contributed by atoms with Gasteiger partial charge >= 0.3 is 0 Å². The molecule has 0 N–H and O–H groups in total. The zero-order valence-corrected chi connectivity index (χ0v) is 6.22. The van der Waals surface area contributed by atoms with Crippen LogP contribution in [0.15, 0.2) is 6.08 Å². The molecular formula is C8H12O2. The SMILES string of the molecule is CCCCCC(=O)C=C=O. The minimum Gasteiger partial charge on any atom is -0.294 e. The lowest BCUT2D eigenvalue weighted by Crippen LogP contribution is -1.91. The maximum atomic E-state index is 10.6. The first kappa shape index (κ1) is 9.12. The third-order valence-corrected chi connectivity index (χ3v) is 1.25. The van der Waals surface area contributed by atoms with Gasteiger partial charge in [0.25, 0.3) is 0 Å². The fourth-order valence-electron chi connectivity index (χ4n) is 0.687. The number of rotatable bonds is 5. The maximum absolute atomic E-state index is 10.6. The van der Waals surface area contributed by atoms with E-state index < -0.39 is 0 Å². The standard InChI is InChI=1S/C8H12O2/c1-2-3-4-5-8(10)6-7-9/h6H,2-5H2,1H3. The molecule has 0 atom stereocenters. The van der Waals surface area contributed by atoms with Gasteiger partial charge in [0.1, 0.15) is 5.94 Å². The van der Waals surface area contributed by atoms with E-state index in [1.165, 1.54) is 5.94 Å². The summed E-state index contributed by atoms with van der Waals surface area (Å²) >= 11 is 0. The average molecular weight is 140 g/mol. The zero-order valence-electron chi connectivity index (χ0n) is 6.22. The summed E-state index contributed by atoms with van der Waals surface area (Å²) < 4.78 is 0. The molecular weight excluding hydrogens is 128 g/mol. The third-order valence-electron chi connectivity index (χ3n) is 1.25. The van der Waals surface area contributed by atoms with Crippen molar-refractivity contribution in [1.29, 1.82) is 0 Å². The van der Waals surface area contributed by atoms with Crippen LogP contribution in [0.25, 0.3) is 0 Å². The number of ketones is 1. The van der Waals surface area contributed by atoms with Crippen molar-refractivity contribution in [2.24, 2.45) is 0 Å². The van der Waals surface area contributed by atoms with E-state index >= 15 is 0 Å². The van der Waals surface area contributed by atoms with Gasteiger partial charge in [0.2, 0.25) is 0 Å². The van der Waals surface area contributed by atoms with Crippen molar-refractivity contribution >= 4 is 11.7 Å². The molecule has 2 nitrogen and oxygen atoms in total. The molecule has 0 aromatic rings. The van der Waals surface area contributed by atoms with Gasteiger partial charge in [-0.15, -0.1) is 0 Å². The first-order chi connectivity index (χ1) is 4.81. The van der Waals surface area contributed by atoms with E-state index in [0.29, 0.717) is 6.42 Å². The molecule has 0 saturated heterocycles. The lowest BCUT2D eigenvalue weighted by atomic mass is 10.1. The van der Waals surface area contributed by atoms with Crippen molar-refractivity contribution in [1.82, 2.24) is 0 Å². The van der Waals surface area contributed by atoms with E-state index in [2.05, 4.69) is 6.92 Å². The molecule has 0 unspecified atom stereocenters. The summed E-state index contributed by atoms with van der Waals surface area (Å²) in [5.74, 6) is 1.36. The average Bonchev–Trinajstić information content (AvgIpc) is 1.89. The Morgan fingerprint density at radius 2 is 2.20 bits per heavy atom. The normalized spacial score (nSPS) is 8.50. The molecule has 10 heavy (non-hydrogen) atoms. The topological polar surface area (TPSA) is 34.1 Å². The Morgan fingerprint density at radius 1 is 1.50 bits per heavy atom. The van der Waals surface area contributed by atoms with Gasteiger partial charge in [-0.2, -0.15) is 0 Å². The highest BCUT2D eigenvalue weighted by molar-refractivity contribution is 5.95. The van der Waals surface area contributed by atoms with Crippen LogP contribution < -0.4 is 0 Å². The molecule has 0 radical (unpaired) electrons. The monoisotopic (exact) mass is 140 g/mol. The van der Waals surface area contributed by atoms with Crippen LogP contribution in [0.5, 0.6) is 0 Å². The first-order valence-electron chi connectivity index (χ1n) is 3.55. The zero-order chi connectivity index (χ0) is 7.82. The third kappa shape index (κ3) is 5.26. The van der Waals surface area contributed by atoms with E-state index in [0.717, 1.165) is 25.3 Å². The maximum Gasteiger partial charge on any atom is 0.166 e. The van der Waals surface area contributed by atoms with Crippen molar-refractivity contribution in [3.8, 4) is 0 Å². The fourth-order valence-corrected chi connectivity index (χ4v) is 0.687. The van der Waals surface area contributed by atoms with Crippen molar-refractivity contribution in [2.45, 2.75) is 32.6 Å². The van der Waals surface area contributed by atoms with Crippen LogP contribution in [-0.4, -0.2) is 11.7 Å². The molecule has 0 rings (SSSR count). The van der Waals surface area contributed by atoms with E-state index in [4.69, 9.17) is 0 Å². The fraction of sp³-hybridized carbons (Fsp3) is 0.625. The Morgan fingerprint density at radius 3 is 2.70 bits per heavy atom. The second kappa shape index (κ2) is 6.24. The van der Waals surface area contributed by atoms with Gasteiger partial charge in [0.05, 0.1) is 6.08 Å². The second-order valence-electron chi connectivity index (χ2n) is 2.19. The highest BCUT2D eigenvalue weighted by Crippen LogP contribution is 1.98. The smallest absolute Gasteiger partial charge is 0.166 e. The number of hydrogen-bond acceptors (Lipinski definition) is 2. The molecule has 0 heterocycles. The molecule has 56 valence electrons. The quantitative estimate of drug-likeness (QED) is 0.329. The minimum absolute atomic E-state index is 0.108. The van der Waals surface area contributed by atoms with Gasteiger partial charge in [-0.05, 0) is 6.42 Å². The van der Waals surface area contributed by atoms with Crippen LogP contribution in [0, 0.1) is 0 Å². The predicted octanol–water partition coefficient (Wildman–Crippen LogP) is 1.52. The van der Waals surface area contributed by atoms with Gasteiger partial charge in [-0.25, -0.2) is 4.79 Å². The van der Waals surface area contributed by atoms with E-state index in [1.807, 2.05) is 0 Å². The Labute approximate surface area is 60.9 Å². The van der Waals surface area contributed by atoms with Crippen molar-refractivity contribution < 1.29 is 9.59 Å². The number of allylic oxidation sites excluding steroid dienone is 1. The lowest BCUT2D eigenvalue weighted by Gasteiger charge is -1.91. The number of hydrogen-bond donors (Lipinski definition) is 0. The van der Waals surface area contributed by atoms with E-state index in [1.54, 1.807) is 0 Å². The molecule has 2 heteroatoms. The Balaban J connectivity index is 3.31. The van der Waals surface area contributed by atoms with Gasteiger partial charge in [0.15, 0.2) is 5.78 Å². The van der Waals surface area contributed by atoms with Crippen molar-refractivity contribution in [3.63, 3.8) is 0 Å². The first-order valence-corrected chi connectivity index (χ1v) is 3.55. The summed E-state index contributed by atoms with van der Waals surface area (Å²) in [6.07, 6.45) is 4.49. The van der Waals surface area contributed by atoms with Crippen LogP contribution in [0.1, 0.15) is 32.6 Å². The highest BCUT2D eigenvalue weighted by atomic mass is 16.1. The van der Waals surface area contributed by atoms with Gasteiger partial charge in [-0.1, -0.05) is 19.8 Å². The highest BCUT2D eigenvalue weighted by Gasteiger charge is 1.94. The molecule has 0 bridgehead atoms. The number of carbonyl (C=O) groups excluding carboxylic acids is 2. The van der Waals surface area contributed by atoms with Crippen LogP contribution in [0.4, 0.5) is 0 Å². The Hall–Kier alpha value is -0.880. The van der Waals surface area contributed by atoms with Crippen LogP contribution in [0.2, 0.25) is 0 Å². The summed E-state index contributed by atoms with van der Waals surface area (Å²) in [5, 5.41) is 0. The predicted molar refractivity (Wildman–Crippen MR) is 39.4 cm³/mol. The Bertz CT molecular complexity index is 143. The molecule has 0 aliphatic rings. The molecule has 0 amide bonds. The van der Waals surface area contributed by atoms with Crippen molar-refractivity contribution in [3.05, 3.63) is 6.08 Å². The van der Waals surface area contributed by atoms with Crippen LogP contribution in [0.3, 0.4) is 0 Å². The number of carbonyl (C=O) groups is 1. The summed E-state index contributed by atoms with van der Waals surface area (Å²) in [6, 6.07) is 0. The molecule has 0 saturated carbocycles. The van der Waals surface area contributed by atoms with E-state index in [9.17, 15) is 9.59 Å². The van der Waals surface area contributed by atoms with Gasteiger partial charge < -0.3 is 0 Å². The van der Waals surface area contributed by atoms with E-state index in [-0.39, 0.29) is 5.78 Å². The summed E-state index contributed by atoms with van der Waals surface area (Å²) in [4.78, 5) is 20.2. The molecule has 0 aromatic heterocycles. The second-order valence-corrected chi connectivity index (χ2v) is 2.19. The Kier molecular flexibility index (Phi) is 5.69. The minimum atomic E-state index is -0.108. The molecule has 0 spiro atoms.